The van der Waals surface area contributed by atoms with E-state index in [4.69, 9.17) is 23.2 Å². The molecule has 1 heterocycles. The molecule has 20 heavy (non-hydrogen) atoms. The molecule has 0 bridgehead atoms. The van der Waals surface area contributed by atoms with Gasteiger partial charge in [-0.25, -0.2) is 0 Å². The molecule has 2 rings (SSSR count). The number of nitrogens with one attached hydrogen (secondary N) is 1. The van der Waals surface area contributed by atoms with Gasteiger partial charge in [-0.05, 0) is 44.5 Å². The first-order chi connectivity index (χ1) is 9.35. The Morgan fingerprint density at radius 2 is 2.20 bits per heavy atom. The van der Waals surface area contributed by atoms with Crippen molar-refractivity contribution >= 4 is 34.8 Å². The Labute approximate surface area is 128 Å². The molecule has 1 aromatic rings. The molecule has 1 unspecified atom stereocenters. The van der Waals surface area contributed by atoms with Gasteiger partial charge in [0.2, 0.25) is 5.91 Å². The lowest BCUT2D eigenvalue weighted by Crippen LogP contribution is -2.48. The number of aliphatic hydroxyl groups is 1. The van der Waals surface area contributed by atoms with Gasteiger partial charge in [0.25, 0.3) is 0 Å². The first kappa shape index (κ1) is 15.6. The fourth-order valence-electron chi connectivity index (χ4n) is 2.44. The van der Waals surface area contributed by atoms with Crippen molar-refractivity contribution in [3.63, 3.8) is 0 Å². The van der Waals surface area contributed by atoms with E-state index in [0.717, 1.165) is 19.4 Å². The number of anilines is 1. The maximum Gasteiger partial charge on any atom is 0.238 e. The Bertz CT molecular complexity index is 506. The van der Waals surface area contributed by atoms with Crippen LogP contribution in [-0.2, 0) is 4.79 Å². The molecule has 1 aliphatic rings. The third-order valence-corrected chi connectivity index (χ3v) is 4.06. The van der Waals surface area contributed by atoms with E-state index in [0.29, 0.717) is 22.3 Å². The van der Waals surface area contributed by atoms with Gasteiger partial charge >= 0.3 is 0 Å². The number of likely N-dealkylation sites (tertiary alicyclic amines) is 1. The SMILES string of the molecule is CC1(O)CCCN(CC(=O)Nc2ccc(Cl)c(Cl)c2)C1. The van der Waals surface area contributed by atoms with E-state index in [1.54, 1.807) is 25.1 Å². The quantitative estimate of drug-likeness (QED) is 0.901. The first-order valence-corrected chi connectivity index (χ1v) is 7.31. The fourth-order valence-corrected chi connectivity index (χ4v) is 2.73. The lowest BCUT2D eigenvalue weighted by Gasteiger charge is -2.36. The molecule has 1 aliphatic heterocycles. The zero-order valence-electron chi connectivity index (χ0n) is 11.3. The van der Waals surface area contributed by atoms with Gasteiger partial charge in [0.1, 0.15) is 0 Å². The maximum atomic E-state index is 12.0. The van der Waals surface area contributed by atoms with Crippen LogP contribution in [-0.4, -0.2) is 41.1 Å². The molecule has 1 atom stereocenters. The van der Waals surface area contributed by atoms with Crippen LogP contribution in [0.3, 0.4) is 0 Å². The van der Waals surface area contributed by atoms with E-state index < -0.39 is 5.60 Å². The highest BCUT2D eigenvalue weighted by atomic mass is 35.5. The Balaban J connectivity index is 1.90. The van der Waals surface area contributed by atoms with Crippen molar-refractivity contribution in [2.75, 3.05) is 25.0 Å². The van der Waals surface area contributed by atoms with Crippen LogP contribution in [0.25, 0.3) is 0 Å². The summed E-state index contributed by atoms with van der Waals surface area (Å²) in [4.78, 5) is 13.9. The monoisotopic (exact) mass is 316 g/mol. The van der Waals surface area contributed by atoms with Crippen molar-refractivity contribution in [2.24, 2.45) is 0 Å². The number of benzene rings is 1. The van der Waals surface area contributed by atoms with Crippen molar-refractivity contribution in [3.8, 4) is 0 Å². The van der Waals surface area contributed by atoms with E-state index in [1.807, 2.05) is 4.90 Å². The molecule has 1 fully saturated rings. The standard InChI is InChI=1S/C14H18Cl2N2O2/c1-14(20)5-2-6-18(9-14)8-13(19)17-10-3-4-11(15)12(16)7-10/h3-4,7,20H,2,5-6,8-9H2,1H3,(H,17,19). The molecule has 0 saturated carbocycles. The zero-order chi connectivity index (χ0) is 14.8. The molecule has 110 valence electrons. The average molecular weight is 317 g/mol. The van der Waals surface area contributed by atoms with E-state index >= 15 is 0 Å². The molecule has 1 saturated heterocycles. The largest absolute Gasteiger partial charge is 0.389 e. The molecule has 0 aliphatic carbocycles. The second kappa shape index (κ2) is 6.31. The number of rotatable bonds is 3. The lowest BCUT2D eigenvalue weighted by molar-refractivity contribution is -0.118. The number of nitrogens with zero attached hydrogens (tertiary/aromatic N) is 1. The van der Waals surface area contributed by atoms with Crippen LogP contribution in [0.1, 0.15) is 19.8 Å². The maximum absolute atomic E-state index is 12.0. The number of amides is 1. The lowest BCUT2D eigenvalue weighted by atomic mass is 9.95. The van der Waals surface area contributed by atoms with Crippen molar-refractivity contribution in [2.45, 2.75) is 25.4 Å². The third-order valence-electron chi connectivity index (χ3n) is 3.32. The normalized spacial score (nSPS) is 23.6. The summed E-state index contributed by atoms with van der Waals surface area (Å²) in [6, 6.07) is 4.97. The summed E-state index contributed by atoms with van der Waals surface area (Å²) in [5.41, 5.74) is -0.0876. The van der Waals surface area contributed by atoms with Gasteiger partial charge in [-0.3, -0.25) is 9.69 Å². The first-order valence-electron chi connectivity index (χ1n) is 6.55. The van der Waals surface area contributed by atoms with Crippen molar-refractivity contribution in [1.29, 1.82) is 0 Å². The summed E-state index contributed by atoms with van der Waals surface area (Å²) in [5.74, 6) is -0.124. The van der Waals surface area contributed by atoms with E-state index in [-0.39, 0.29) is 12.5 Å². The summed E-state index contributed by atoms with van der Waals surface area (Å²) < 4.78 is 0. The number of halogens is 2. The number of hydrogen-bond acceptors (Lipinski definition) is 3. The van der Waals surface area contributed by atoms with Gasteiger partial charge in [-0.2, -0.15) is 0 Å². The Morgan fingerprint density at radius 3 is 2.85 bits per heavy atom. The number of hydrogen-bond donors (Lipinski definition) is 2. The Kier molecular flexibility index (Phi) is 4.91. The fraction of sp³-hybridized carbons (Fsp3) is 0.500. The van der Waals surface area contributed by atoms with Gasteiger partial charge in [-0.15, -0.1) is 0 Å². The molecule has 0 spiro atoms. The van der Waals surface area contributed by atoms with E-state index in [2.05, 4.69) is 5.32 Å². The van der Waals surface area contributed by atoms with Gasteiger partial charge in [0, 0.05) is 12.2 Å². The van der Waals surface area contributed by atoms with Crippen LogP contribution in [0.4, 0.5) is 5.69 Å². The minimum absolute atomic E-state index is 0.124. The molecular weight excluding hydrogens is 299 g/mol. The summed E-state index contributed by atoms with van der Waals surface area (Å²) in [5, 5.41) is 13.7. The molecule has 4 nitrogen and oxygen atoms in total. The molecule has 2 N–H and O–H groups in total. The highest BCUT2D eigenvalue weighted by Gasteiger charge is 2.29. The van der Waals surface area contributed by atoms with E-state index in [9.17, 15) is 9.90 Å². The third kappa shape index (κ3) is 4.35. The molecule has 0 radical (unpaired) electrons. The van der Waals surface area contributed by atoms with Crippen LogP contribution >= 0.6 is 23.2 Å². The summed E-state index contributed by atoms with van der Waals surface area (Å²) >= 11 is 11.7. The highest BCUT2D eigenvalue weighted by molar-refractivity contribution is 6.42. The van der Waals surface area contributed by atoms with Crippen LogP contribution in [0.5, 0.6) is 0 Å². The minimum atomic E-state index is -0.706. The number of β-amino-alcohol motifs (C(OH)–C–C–N with tert-alkyl or cyclic N) is 1. The molecule has 1 amide bonds. The predicted octanol–water partition coefficient (Wildman–Crippen LogP) is 2.78. The van der Waals surface area contributed by atoms with Gasteiger partial charge < -0.3 is 10.4 Å². The number of carbonyl (C=O) groups excluding carboxylic acids is 1. The topological polar surface area (TPSA) is 52.6 Å². The number of carbonyl (C=O) groups is 1. The molecule has 6 heteroatoms. The second-order valence-electron chi connectivity index (χ2n) is 5.49. The Morgan fingerprint density at radius 1 is 1.45 bits per heavy atom. The van der Waals surface area contributed by atoms with Crippen LogP contribution in [0, 0.1) is 0 Å². The van der Waals surface area contributed by atoms with Gasteiger partial charge in [0.05, 0.1) is 22.2 Å². The van der Waals surface area contributed by atoms with Crippen LogP contribution < -0.4 is 5.32 Å². The van der Waals surface area contributed by atoms with Crippen molar-refractivity contribution in [1.82, 2.24) is 4.90 Å². The van der Waals surface area contributed by atoms with Gasteiger partial charge in [-0.1, -0.05) is 23.2 Å². The van der Waals surface area contributed by atoms with Crippen molar-refractivity contribution in [3.05, 3.63) is 28.2 Å². The predicted molar refractivity (Wildman–Crippen MR) is 81.4 cm³/mol. The highest BCUT2D eigenvalue weighted by Crippen LogP contribution is 2.25. The van der Waals surface area contributed by atoms with Gasteiger partial charge in [0.15, 0.2) is 0 Å². The second-order valence-corrected chi connectivity index (χ2v) is 6.30. The average Bonchev–Trinajstić information content (AvgIpc) is 2.32. The molecule has 0 aromatic heterocycles. The molecule has 1 aromatic carbocycles. The van der Waals surface area contributed by atoms with E-state index in [1.165, 1.54) is 0 Å². The summed E-state index contributed by atoms with van der Waals surface area (Å²) in [6.07, 6.45) is 1.67. The van der Waals surface area contributed by atoms with Crippen LogP contribution in [0.2, 0.25) is 10.0 Å². The minimum Gasteiger partial charge on any atom is -0.389 e. The number of piperidine rings is 1. The smallest absolute Gasteiger partial charge is 0.238 e. The zero-order valence-corrected chi connectivity index (χ0v) is 12.8. The van der Waals surface area contributed by atoms with Crippen molar-refractivity contribution < 1.29 is 9.90 Å². The van der Waals surface area contributed by atoms with Crippen LogP contribution in [0.15, 0.2) is 18.2 Å². The molecular formula is C14H18Cl2N2O2. The summed E-state index contributed by atoms with van der Waals surface area (Å²) in [7, 11) is 0. The Hall–Kier alpha value is -0.810. The summed E-state index contributed by atoms with van der Waals surface area (Å²) in [6.45, 7) is 3.40.